The van der Waals surface area contributed by atoms with Gasteiger partial charge in [-0.15, -0.1) is 12.4 Å². The fourth-order valence-corrected chi connectivity index (χ4v) is 0.517. The van der Waals surface area contributed by atoms with E-state index in [1.807, 2.05) is 0 Å². The number of hydrogen-bond donors (Lipinski definition) is 3. The van der Waals surface area contributed by atoms with Crippen molar-refractivity contribution < 1.29 is 18.0 Å². The molecule has 0 aliphatic rings. The largest absolute Gasteiger partial charge is 0.405 e. The highest BCUT2D eigenvalue weighted by Crippen LogP contribution is 2.11. The third-order valence-corrected chi connectivity index (χ3v) is 0.885. The van der Waals surface area contributed by atoms with E-state index >= 15 is 0 Å². The molecule has 0 bridgehead atoms. The van der Waals surface area contributed by atoms with E-state index in [9.17, 15) is 18.0 Å². The summed E-state index contributed by atoms with van der Waals surface area (Å²) in [5, 5.41) is 3.74. The van der Waals surface area contributed by atoms with Crippen LogP contribution in [0.15, 0.2) is 0 Å². The Morgan fingerprint density at radius 2 is 1.79 bits per heavy atom. The first kappa shape index (κ1) is 15.8. The Morgan fingerprint density at radius 1 is 1.36 bits per heavy atom. The number of hydrogen-bond acceptors (Lipinski definition) is 2. The molecule has 0 aliphatic carbocycles. The summed E-state index contributed by atoms with van der Waals surface area (Å²) in [6.45, 7) is 1.55. The van der Waals surface area contributed by atoms with Crippen LogP contribution in [0.25, 0.3) is 0 Å². The summed E-state index contributed by atoms with van der Waals surface area (Å²) in [6.07, 6.45) is -4.41. The number of carbonyl (C=O) groups is 1. The van der Waals surface area contributed by atoms with Gasteiger partial charge in [0.25, 0.3) is 0 Å². The van der Waals surface area contributed by atoms with Crippen molar-refractivity contribution in [1.29, 1.82) is 0 Å². The molecular formula is C6H13ClF3N3O. The van der Waals surface area contributed by atoms with E-state index in [0.717, 1.165) is 0 Å². The highest BCUT2D eigenvalue weighted by atomic mass is 35.5. The summed E-state index contributed by atoms with van der Waals surface area (Å²) < 4.78 is 34.7. The molecule has 2 amide bonds. The third-order valence-electron chi connectivity index (χ3n) is 0.885. The second kappa shape index (κ2) is 5.26. The lowest BCUT2D eigenvalue weighted by Gasteiger charge is -2.21. The minimum absolute atomic E-state index is 0. The highest BCUT2D eigenvalue weighted by molar-refractivity contribution is 5.85. The van der Waals surface area contributed by atoms with Crippen LogP contribution in [0.4, 0.5) is 18.0 Å². The number of amides is 2. The van der Waals surface area contributed by atoms with Crippen molar-refractivity contribution in [3.8, 4) is 0 Å². The number of nitrogens with two attached hydrogens (primary N) is 1. The molecule has 4 N–H and O–H groups in total. The SMILES string of the molecule is CC(C)(N)NC(=O)NCC(F)(F)F.Cl. The average Bonchev–Trinajstić information content (AvgIpc) is 1.78. The molecule has 14 heavy (non-hydrogen) atoms. The van der Waals surface area contributed by atoms with Gasteiger partial charge in [-0.3, -0.25) is 0 Å². The van der Waals surface area contributed by atoms with Crippen LogP contribution in [0.2, 0.25) is 0 Å². The van der Waals surface area contributed by atoms with Gasteiger partial charge in [0.1, 0.15) is 6.54 Å². The van der Waals surface area contributed by atoms with Gasteiger partial charge in [0.15, 0.2) is 0 Å². The maximum Gasteiger partial charge on any atom is 0.405 e. The van der Waals surface area contributed by atoms with E-state index in [1.165, 1.54) is 13.8 Å². The lowest BCUT2D eigenvalue weighted by Crippen LogP contribution is -2.55. The molecule has 0 aliphatic heterocycles. The molecule has 0 aromatic heterocycles. The zero-order valence-corrected chi connectivity index (χ0v) is 8.55. The smallest absolute Gasteiger partial charge is 0.329 e. The monoisotopic (exact) mass is 235 g/mol. The van der Waals surface area contributed by atoms with Crippen molar-refractivity contribution in [1.82, 2.24) is 10.6 Å². The van der Waals surface area contributed by atoms with Gasteiger partial charge in [-0.1, -0.05) is 0 Å². The Hall–Kier alpha value is -0.690. The Kier molecular flexibility index (Phi) is 5.92. The molecule has 0 rings (SSSR count). The first-order valence-electron chi connectivity index (χ1n) is 3.52. The van der Waals surface area contributed by atoms with E-state index in [-0.39, 0.29) is 12.4 Å². The summed E-state index contributed by atoms with van der Waals surface area (Å²) in [4.78, 5) is 10.7. The number of carbonyl (C=O) groups excluding carboxylic acids is 1. The van der Waals surface area contributed by atoms with Crippen molar-refractivity contribution in [2.24, 2.45) is 5.73 Å². The van der Waals surface area contributed by atoms with Crippen molar-refractivity contribution in [3.05, 3.63) is 0 Å². The molecule has 0 radical (unpaired) electrons. The molecule has 0 unspecified atom stereocenters. The van der Waals surface area contributed by atoms with Crippen LogP contribution in [0.3, 0.4) is 0 Å². The summed E-state index contributed by atoms with van der Waals surface area (Å²) >= 11 is 0. The predicted molar refractivity (Wildman–Crippen MR) is 48.1 cm³/mol. The molecule has 0 atom stereocenters. The molecule has 8 heteroatoms. The minimum Gasteiger partial charge on any atom is -0.329 e. The molecule has 0 aromatic rings. The molecule has 0 saturated heterocycles. The van der Waals surface area contributed by atoms with Gasteiger partial charge in [0, 0.05) is 0 Å². The number of rotatable bonds is 2. The fraction of sp³-hybridized carbons (Fsp3) is 0.833. The molecule has 86 valence electrons. The van der Waals surface area contributed by atoms with Crippen LogP contribution >= 0.6 is 12.4 Å². The summed E-state index contributed by atoms with van der Waals surface area (Å²) in [7, 11) is 0. The van der Waals surface area contributed by atoms with Crippen molar-refractivity contribution in [3.63, 3.8) is 0 Å². The zero-order chi connectivity index (χ0) is 10.7. The zero-order valence-electron chi connectivity index (χ0n) is 7.73. The van der Waals surface area contributed by atoms with Crippen molar-refractivity contribution in [2.75, 3.05) is 6.54 Å². The summed E-state index contributed by atoms with van der Waals surface area (Å²) in [6, 6.07) is -0.940. The molecule has 0 heterocycles. The topological polar surface area (TPSA) is 67.1 Å². The Balaban J connectivity index is 0. The number of urea groups is 1. The van der Waals surface area contributed by atoms with Crippen molar-refractivity contribution in [2.45, 2.75) is 25.7 Å². The molecule has 0 saturated carbocycles. The van der Waals surface area contributed by atoms with Gasteiger partial charge in [-0.25, -0.2) is 4.79 Å². The number of halogens is 4. The Morgan fingerprint density at radius 3 is 2.07 bits per heavy atom. The lowest BCUT2D eigenvalue weighted by atomic mass is 10.3. The van der Waals surface area contributed by atoms with Gasteiger partial charge in [0.2, 0.25) is 0 Å². The second-order valence-electron chi connectivity index (χ2n) is 3.14. The number of alkyl halides is 3. The first-order chi connectivity index (χ1) is 5.60. The van der Waals surface area contributed by atoms with Gasteiger partial charge in [0.05, 0.1) is 5.66 Å². The normalized spacial score (nSPS) is 11.6. The summed E-state index contributed by atoms with van der Waals surface area (Å²) in [5.41, 5.74) is 4.29. The fourth-order valence-electron chi connectivity index (χ4n) is 0.517. The molecule has 0 aromatic carbocycles. The molecule has 4 nitrogen and oxygen atoms in total. The third kappa shape index (κ3) is 11.3. The molecule has 0 fully saturated rings. The van der Waals surface area contributed by atoms with E-state index in [2.05, 4.69) is 5.32 Å². The molecular weight excluding hydrogens is 223 g/mol. The first-order valence-corrected chi connectivity index (χ1v) is 3.52. The van der Waals surface area contributed by atoms with E-state index in [0.29, 0.717) is 0 Å². The highest BCUT2D eigenvalue weighted by Gasteiger charge is 2.28. The molecule has 0 spiro atoms. The van der Waals surface area contributed by atoms with E-state index in [4.69, 9.17) is 5.73 Å². The van der Waals surface area contributed by atoms with E-state index in [1.54, 1.807) is 5.32 Å². The van der Waals surface area contributed by atoms with Crippen molar-refractivity contribution >= 4 is 18.4 Å². The van der Waals surface area contributed by atoms with Crippen LogP contribution in [-0.2, 0) is 0 Å². The van der Waals surface area contributed by atoms with Crippen LogP contribution in [0.5, 0.6) is 0 Å². The van der Waals surface area contributed by atoms with Gasteiger partial charge in [-0.2, -0.15) is 13.2 Å². The van der Waals surface area contributed by atoms with Crippen LogP contribution in [0.1, 0.15) is 13.8 Å². The average molecular weight is 236 g/mol. The van der Waals surface area contributed by atoms with E-state index < -0.39 is 24.4 Å². The van der Waals surface area contributed by atoms with Gasteiger partial charge >= 0.3 is 12.2 Å². The van der Waals surface area contributed by atoms with Gasteiger partial charge < -0.3 is 16.4 Å². The van der Waals surface area contributed by atoms with Crippen LogP contribution in [-0.4, -0.2) is 24.4 Å². The lowest BCUT2D eigenvalue weighted by molar-refractivity contribution is -0.122. The standard InChI is InChI=1S/C6H12F3N3O.ClH/c1-5(2,10)12-4(13)11-3-6(7,8)9;/h3,10H2,1-2H3,(H2,11,12,13);1H. The van der Waals surface area contributed by atoms with Crippen LogP contribution < -0.4 is 16.4 Å². The Labute approximate surface area is 85.8 Å². The van der Waals surface area contributed by atoms with Gasteiger partial charge in [-0.05, 0) is 13.8 Å². The Bertz CT molecular complexity index is 190. The maximum absolute atomic E-state index is 11.6. The predicted octanol–water partition coefficient (Wildman–Crippen LogP) is 0.964. The maximum atomic E-state index is 11.6. The quantitative estimate of drug-likeness (QED) is 0.625. The summed E-state index contributed by atoms with van der Waals surface area (Å²) in [5.74, 6) is 0. The second-order valence-corrected chi connectivity index (χ2v) is 3.14. The minimum atomic E-state index is -4.41. The van der Waals surface area contributed by atoms with Crippen LogP contribution in [0, 0.1) is 0 Å². The number of nitrogens with one attached hydrogen (secondary N) is 2.